The summed E-state index contributed by atoms with van der Waals surface area (Å²) in [5, 5.41) is 2.90. The van der Waals surface area contributed by atoms with Gasteiger partial charge in [-0.25, -0.2) is 0 Å². The molecule has 0 saturated heterocycles. The molecule has 0 aliphatic carbocycles. The third kappa shape index (κ3) is 5.76. The van der Waals surface area contributed by atoms with Crippen LogP contribution in [0.15, 0.2) is 24.3 Å². The summed E-state index contributed by atoms with van der Waals surface area (Å²) in [4.78, 5) is 12.0. The Kier molecular flexibility index (Phi) is 7.23. The van der Waals surface area contributed by atoms with Crippen LogP contribution in [-0.2, 0) is 4.79 Å². The smallest absolute Gasteiger partial charge is 0.260 e. The predicted octanol–water partition coefficient (Wildman–Crippen LogP) is 3.03. The number of hydrogen-bond acceptors (Lipinski definition) is 3. The van der Waals surface area contributed by atoms with Crippen molar-refractivity contribution in [2.24, 2.45) is 11.7 Å². The standard InChI is InChI=1S/C17H28N2O2/c1-5-15(18)14-8-6-7-9-16(14)21-13(4)17(20)19-11-10-12(2)3/h6-9,12-13,15H,5,10-11,18H2,1-4H3,(H,19,20)/t13?,15-/m0/s1. The number of amides is 1. The van der Waals surface area contributed by atoms with E-state index < -0.39 is 6.10 Å². The van der Waals surface area contributed by atoms with Crippen LogP contribution in [0, 0.1) is 5.92 Å². The summed E-state index contributed by atoms with van der Waals surface area (Å²) in [5.74, 6) is 1.18. The minimum Gasteiger partial charge on any atom is -0.481 e. The molecule has 0 bridgehead atoms. The summed E-state index contributed by atoms with van der Waals surface area (Å²) < 4.78 is 5.80. The molecule has 1 aromatic carbocycles. The number of rotatable bonds is 8. The van der Waals surface area contributed by atoms with E-state index in [1.807, 2.05) is 31.2 Å². The molecule has 118 valence electrons. The van der Waals surface area contributed by atoms with Gasteiger partial charge in [0.1, 0.15) is 5.75 Å². The van der Waals surface area contributed by atoms with E-state index in [1.54, 1.807) is 6.92 Å². The quantitative estimate of drug-likeness (QED) is 0.774. The van der Waals surface area contributed by atoms with Gasteiger partial charge < -0.3 is 15.8 Å². The van der Waals surface area contributed by atoms with Crippen molar-refractivity contribution in [3.63, 3.8) is 0 Å². The lowest BCUT2D eigenvalue weighted by atomic mass is 10.0. The molecule has 2 atom stereocenters. The first-order valence-corrected chi connectivity index (χ1v) is 7.74. The number of nitrogens with two attached hydrogens (primary N) is 1. The van der Waals surface area contributed by atoms with Gasteiger partial charge in [0.05, 0.1) is 0 Å². The zero-order valence-corrected chi connectivity index (χ0v) is 13.6. The first-order valence-electron chi connectivity index (χ1n) is 7.74. The highest BCUT2D eigenvalue weighted by Gasteiger charge is 2.17. The Morgan fingerprint density at radius 2 is 1.95 bits per heavy atom. The van der Waals surface area contributed by atoms with E-state index in [9.17, 15) is 4.79 Å². The number of nitrogens with one attached hydrogen (secondary N) is 1. The van der Waals surface area contributed by atoms with E-state index in [2.05, 4.69) is 19.2 Å². The summed E-state index contributed by atoms with van der Waals surface area (Å²) in [6.45, 7) is 8.74. The fraction of sp³-hybridized carbons (Fsp3) is 0.588. The fourth-order valence-electron chi connectivity index (χ4n) is 1.99. The van der Waals surface area contributed by atoms with Crippen LogP contribution in [0.25, 0.3) is 0 Å². The third-order valence-corrected chi connectivity index (χ3v) is 3.45. The Hall–Kier alpha value is -1.55. The number of carbonyl (C=O) groups is 1. The number of carbonyl (C=O) groups excluding carboxylic acids is 1. The van der Waals surface area contributed by atoms with E-state index in [-0.39, 0.29) is 11.9 Å². The summed E-state index contributed by atoms with van der Waals surface area (Å²) >= 11 is 0. The molecule has 0 fully saturated rings. The Balaban J connectivity index is 2.62. The monoisotopic (exact) mass is 292 g/mol. The highest BCUT2D eigenvalue weighted by molar-refractivity contribution is 5.80. The normalized spacial score (nSPS) is 13.8. The Morgan fingerprint density at radius 1 is 1.29 bits per heavy atom. The maximum absolute atomic E-state index is 12.0. The number of ether oxygens (including phenoxy) is 1. The van der Waals surface area contributed by atoms with Crippen LogP contribution in [0.4, 0.5) is 0 Å². The zero-order chi connectivity index (χ0) is 15.8. The van der Waals surface area contributed by atoms with Crippen LogP contribution >= 0.6 is 0 Å². The van der Waals surface area contributed by atoms with E-state index in [0.29, 0.717) is 18.2 Å². The summed E-state index contributed by atoms with van der Waals surface area (Å²) in [6.07, 6.45) is 1.27. The van der Waals surface area contributed by atoms with Gasteiger partial charge in [-0.1, -0.05) is 39.0 Å². The molecule has 1 unspecified atom stereocenters. The molecular weight excluding hydrogens is 264 g/mol. The van der Waals surface area contributed by atoms with Gasteiger partial charge in [0.2, 0.25) is 0 Å². The average molecular weight is 292 g/mol. The van der Waals surface area contributed by atoms with Gasteiger partial charge in [-0.05, 0) is 31.7 Å². The molecule has 3 N–H and O–H groups in total. The largest absolute Gasteiger partial charge is 0.481 e. The zero-order valence-electron chi connectivity index (χ0n) is 13.6. The first kappa shape index (κ1) is 17.5. The summed E-state index contributed by atoms with van der Waals surface area (Å²) in [5.41, 5.74) is 7.03. The maximum atomic E-state index is 12.0. The molecule has 0 radical (unpaired) electrons. The van der Waals surface area contributed by atoms with Gasteiger partial charge in [0.25, 0.3) is 5.91 Å². The van der Waals surface area contributed by atoms with Crippen molar-refractivity contribution in [1.29, 1.82) is 0 Å². The average Bonchev–Trinajstić information content (AvgIpc) is 2.46. The van der Waals surface area contributed by atoms with Gasteiger partial charge in [0, 0.05) is 18.2 Å². The van der Waals surface area contributed by atoms with Gasteiger partial charge in [-0.3, -0.25) is 4.79 Å². The minimum absolute atomic E-state index is 0.0718. The molecule has 21 heavy (non-hydrogen) atoms. The van der Waals surface area contributed by atoms with Crippen LogP contribution in [-0.4, -0.2) is 18.6 Å². The van der Waals surface area contributed by atoms with E-state index in [1.165, 1.54) is 0 Å². The SMILES string of the molecule is CC[C@H](N)c1ccccc1OC(C)C(=O)NCCC(C)C. The van der Waals surface area contributed by atoms with E-state index in [4.69, 9.17) is 10.5 Å². The van der Waals surface area contributed by atoms with Crippen molar-refractivity contribution in [3.05, 3.63) is 29.8 Å². The Morgan fingerprint density at radius 3 is 2.57 bits per heavy atom. The molecule has 0 saturated carbocycles. The highest BCUT2D eigenvalue weighted by Crippen LogP contribution is 2.26. The second-order valence-corrected chi connectivity index (χ2v) is 5.79. The number of hydrogen-bond donors (Lipinski definition) is 2. The van der Waals surface area contributed by atoms with Crippen molar-refractivity contribution in [2.75, 3.05) is 6.54 Å². The first-order chi connectivity index (χ1) is 9.95. The molecule has 1 aromatic rings. The minimum atomic E-state index is -0.526. The molecule has 0 spiro atoms. The topological polar surface area (TPSA) is 64.3 Å². The second kappa shape index (κ2) is 8.67. The lowest BCUT2D eigenvalue weighted by molar-refractivity contribution is -0.127. The van der Waals surface area contributed by atoms with Crippen molar-refractivity contribution in [2.45, 2.75) is 52.7 Å². The van der Waals surface area contributed by atoms with E-state index >= 15 is 0 Å². The van der Waals surface area contributed by atoms with Crippen LogP contribution in [0.1, 0.15) is 52.1 Å². The van der Waals surface area contributed by atoms with Crippen LogP contribution in [0.5, 0.6) is 5.75 Å². The number of para-hydroxylation sites is 1. The molecule has 0 aliphatic heterocycles. The molecule has 0 aromatic heterocycles. The predicted molar refractivity (Wildman–Crippen MR) is 86.2 cm³/mol. The molecule has 1 amide bonds. The Bertz CT molecular complexity index is 446. The van der Waals surface area contributed by atoms with Crippen molar-refractivity contribution in [1.82, 2.24) is 5.32 Å². The van der Waals surface area contributed by atoms with Gasteiger partial charge in [0.15, 0.2) is 6.10 Å². The summed E-state index contributed by atoms with van der Waals surface area (Å²) in [7, 11) is 0. The lowest BCUT2D eigenvalue weighted by Crippen LogP contribution is -2.37. The maximum Gasteiger partial charge on any atom is 0.260 e. The van der Waals surface area contributed by atoms with Crippen molar-refractivity contribution < 1.29 is 9.53 Å². The van der Waals surface area contributed by atoms with Crippen molar-refractivity contribution in [3.8, 4) is 5.75 Å². The van der Waals surface area contributed by atoms with Crippen LogP contribution in [0.3, 0.4) is 0 Å². The Labute approximate surface area is 128 Å². The lowest BCUT2D eigenvalue weighted by Gasteiger charge is -2.19. The van der Waals surface area contributed by atoms with Gasteiger partial charge >= 0.3 is 0 Å². The third-order valence-electron chi connectivity index (χ3n) is 3.45. The molecule has 4 nitrogen and oxygen atoms in total. The van der Waals surface area contributed by atoms with Crippen LogP contribution in [0.2, 0.25) is 0 Å². The summed E-state index contributed by atoms with van der Waals surface area (Å²) in [6, 6.07) is 7.57. The fourth-order valence-corrected chi connectivity index (χ4v) is 1.99. The molecule has 1 rings (SSSR count). The van der Waals surface area contributed by atoms with E-state index in [0.717, 1.165) is 18.4 Å². The highest BCUT2D eigenvalue weighted by atomic mass is 16.5. The molecule has 0 aliphatic rings. The molecular formula is C17H28N2O2. The molecule has 4 heteroatoms. The van der Waals surface area contributed by atoms with Gasteiger partial charge in [-0.2, -0.15) is 0 Å². The second-order valence-electron chi connectivity index (χ2n) is 5.79. The molecule has 0 heterocycles. The number of benzene rings is 1. The van der Waals surface area contributed by atoms with Gasteiger partial charge in [-0.15, -0.1) is 0 Å². The van der Waals surface area contributed by atoms with Crippen LogP contribution < -0.4 is 15.8 Å². The van der Waals surface area contributed by atoms with Crippen molar-refractivity contribution >= 4 is 5.91 Å².